The number of fused-ring (bicyclic) bond motifs is 1. The molecule has 1 atom stereocenters. The van der Waals surface area contributed by atoms with Crippen LogP contribution >= 0.6 is 0 Å². The largest absolute Gasteiger partial charge is 0.486 e. The molecule has 3 rings (SSSR count). The maximum absolute atomic E-state index is 12.2. The average molecular weight is 304 g/mol. The van der Waals surface area contributed by atoms with Crippen molar-refractivity contribution in [2.45, 2.75) is 19.8 Å². The van der Waals surface area contributed by atoms with Crippen LogP contribution in [0.15, 0.2) is 18.2 Å². The van der Waals surface area contributed by atoms with Crippen LogP contribution in [0, 0.1) is 5.92 Å². The molecule has 1 saturated heterocycles. The van der Waals surface area contributed by atoms with Gasteiger partial charge < -0.3 is 19.7 Å². The molecule has 0 radical (unpaired) electrons. The molecule has 1 N–H and O–H groups in total. The number of nitrogens with one attached hydrogen (secondary N) is 1. The molecular weight excluding hydrogens is 284 g/mol. The fourth-order valence-corrected chi connectivity index (χ4v) is 2.73. The Kier molecular flexibility index (Phi) is 4.18. The van der Waals surface area contributed by atoms with Crippen LogP contribution in [0.3, 0.4) is 0 Å². The molecule has 0 unspecified atom stereocenters. The van der Waals surface area contributed by atoms with Crippen LogP contribution in [0.25, 0.3) is 0 Å². The first-order chi connectivity index (χ1) is 10.7. The average Bonchev–Trinajstić information content (AvgIpc) is 2.94. The smallest absolute Gasteiger partial charge is 0.227 e. The minimum absolute atomic E-state index is 0.0340. The normalized spacial score (nSPS) is 20.1. The van der Waals surface area contributed by atoms with Gasteiger partial charge in [-0.15, -0.1) is 0 Å². The number of carbonyl (C=O) groups excluding carboxylic acids is 2. The van der Waals surface area contributed by atoms with Gasteiger partial charge in [-0.2, -0.15) is 0 Å². The van der Waals surface area contributed by atoms with Crippen molar-refractivity contribution in [3.8, 4) is 11.5 Å². The van der Waals surface area contributed by atoms with Crippen molar-refractivity contribution < 1.29 is 19.1 Å². The van der Waals surface area contributed by atoms with E-state index in [0.29, 0.717) is 37.8 Å². The molecule has 22 heavy (non-hydrogen) atoms. The molecule has 6 heteroatoms. The quantitative estimate of drug-likeness (QED) is 0.911. The Balaban J connectivity index is 1.72. The van der Waals surface area contributed by atoms with Crippen molar-refractivity contribution >= 4 is 17.5 Å². The number of ether oxygens (including phenoxy) is 2. The van der Waals surface area contributed by atoms with E-state index in [-0.39, 0.29) is 24.2 Å². The molecule has 1 aromatic rings. The van der Waals surface area contributed by atoms with Crippen LogP contribution in [0.2, 0.25) is 0 Å². The summed E-state index contributed by atoms with van der Waals surface area (Å²) in [5.41, 5.74) is 0.750. The standard InChI is InChI=1S/C16H20N2O4/c1-2-5-17-16(20)11-8-15(19)18(10-11)12-3-4-13-14(9-12)22-7-6-21-13/h3-4,9,11H,2,5-8,10H2,1H3,(H,17,20)/t11-/m1/s1. The lowest BCUT2D eigenvalue weighted by Gasteiger charge is -2.22. The molecule has 0 bridgehead atoms. The summed E-state index contributed by atoms with van der Waals surface area (Å²) < 4.78 is 11.0. The molecule has 0 aromatic heterocycles. The van der Waals surface area contributed by atoms with Gasteiger partial charge in [0.25, 0.3) is 0 Å². The Bertz CT molecular complexity index is 588. The third-order valence-electron chi connectivity index (χ3n) is 3.88. The Labute approximate surface area is 129 Å². The Hall–Kier alpha value is -2.24. The predicted octanol–water partition coefficient (Wildman–Crippen LogP) is 1.34. The lowest BCUT2D eigenvalue weighted by atomic mass is 10.1. The van der Waals surface area contributed by atoms with E-state index in [1.807, 2.05) is 19.1 Å². The summed E-state index contributed by atoms with van der Waals surface area (Å²) in [5.74, 6) is 0.977. The summed E-state index contributed by atoms with van der Waals surface area (Å²) in [7, 11) is 0. The summed E-state index contributed by atoms with van der Waals surface area (Å²) in [6.07, 6.45) is 1.14. The first-order valence-electron chi connectivity index (χ1n) is 7.66. The van der Waals surface area contributed by atoms with Crippen LogP contribution in [-0.2, 0) is 9.59 Å². The molecule has 6 nitrogen and oxygen atoms in total. The van der Waals surface area contributed by atoms with Crippen LogP contribution < -0.4 is 19.7 Å². The third-order valence-corrected chi connectivity index (χ3v) is 3.88. The van der Waals surface area contributed by atoms with E-state index in [4.69, 9.17) is 9.47 Å². The molecule has 2 aliphatic heterocycles. The van der Waals surface area contributed by atoms with E-state index in [0.717, 1.165) is 12.1 Å². The highest BCUT2D eigenvalue weighted by Crippen LogP contribution is 2.35. The molecule has 2 aliphatic rings. The van der Waals surface area contributed by atoms with Gasteiger partial charge in [-0.3, -0.25) is 9.59 Å². The van der Waals surface area contributed by atoms with Crippen molar-refractivity contribution in [2.24, 2.45) is 5.92 Å². The highest BCUT2D eigenvalue weighted by atomic mass is 16.6. The highest BCUT2D eigenvalue weighted by molar-refractivity contribution is 6.00. The molecule has 1 fully saturated rings. The van der Waals surface area contributed by atoms with Crippen molar-refractivity contribution in [3.05, 3.63) is 18.2 Å². The van der Waals surface area contributed by atoms with E-state index in [1.165, 1.54) is 0 Å². The van der Waals surface area contributed by atoms with E-state index in [1.54, 1.807) is 11.0 Å². The zero-order valence-corrected chi connectivity index (χ0v) is 12.6. The number of carbonyl (C=O) groups is 2. The van der Waals surface area contributed by atoms with E-state index < -0.39 is 0 Å². The van der Waals surface area contributed by atoms with E-state index >= 15 is 0 Å². The first kappa shape index (κ1) is 14.7. The zero-order valence-electron chi connectivity index (χ0n) is 12.6. The van der Waals surface area contributed by atoms with Crippen molar-refractivity contribution in [3.63, 3.8) is 0 Å². The van der Waals surface area contributed by atoms with Crippen LogP contribution in [0.4, 0.5) is 5.69 Å². The van der Waals surface area contributed by atoms with Gasteiger partial charge in [-0.05, 0) is 18.6 Å². The number of benzene rings is 1. The van der Waals surface area contributed by atoms with Gasteiger partial charge in [-0.25, -0.2) is 0 Å². The van der Waals surface area contributed by atoms with Crippen LogP contribution in [0.5, 0.6) is 11.5 Å². The molecule has 2 amide bonds. The molecule has 0 spiro atoms. The zero-order chi connectivity index (χ0) is 15.5. The van der Waals surface area contributed by atoms with Gasteiger partial charge in [0.05, 0.1) is 5.92 Å². The maximum atomic E-state index is 12.2. The van der Waals surface area contributed by atoms with E-state index in [9.17, 15) is 9.59 Å². The SMILES string of the molecule is CCCNC(=O)[C@@H]1CC(=O)N(c2ccc3c(c2)OCCO3)C1. The molecule has 2 heterocycles. The van der Waals surface area contributed by atoms with Gasteiger partial charge in [0.15, 0.2) is 11.5 Å². The second-order valence-corrected chi connectivity index (χ2v) is 5.52. The summed E-state index contributed by atoms with van der Waals surface area (Å²) in [5, 5.41) is 2.85. The predicted molar refractivity (Wildman–Crippen MR) is 81.2 cm³/mol. The Morgan fingerprint density at radius 2 is 2.09 bits per heavy atom. The van der Waals surface area contributed by atoms with Crippen LogP contribution in [0.1, 0.15) is 19.8 Å². The second-order valence-electron chi connectivity index (χ2n) is 5.52. The molecule has 118 valence electrons. The number of anilines is 1. The van der Waals surface area contributed by atoms with Gasteiger partial charge in [-0.1, -0.05) is 6.92 Å². The maximum Gasteiger partial charge on any atom is 0.227 e. The third kappa shape index (κ3) is 2.86. The summed E-state index contributed by atoms with van der Waals surface area (Å²) in [6, 6.07) is 5.44. The Morgan fingerprint density at radius 3 is 2.86 bits per heavy atom. The number of amides is 2. The highest BCUT2D eigenvalue weighted by Gasteiger charge is 2.35. The van der Waals surface area contributed by atoms with Gasteiger partial charge in [0, 0.05) is 31.3 Å². The summed E-state index contributed by atoms with van der Waals surface area (Å²) in [6.45, 7) is 4.10. The topological polar surface area (TPSA) is 67.9 Å². The molecule has 0 aliphatic carbocycles. The fourth-order valence-electron chi connectivity index (χ4n) is 2.73. The minimum atomic E-state index is -0.285. The van der Waals surface area contributed by atoms with Crippen molar-refractivity contribution in [1.29, 1.82) is 0 Å². The van der Waals surface area contributed by atoms with Gasteiger partial charge in [0.1, 0.15) is 13.2 Å². The lowest BCUT2D eigenvalue weighted by molar-refractivity contribution is -0.126. The summed E-state index contributed by atoms with van der Waals surface area (Å²) >= 11 is 0. The molecule has 1 aromatic carbocycles. The Morgan fingerprint density at radius 1 is 1.32 bits per heavy atom. The monoisotopic (exact) mass is 304 g/mol. The fraction of sp³-hybridized carbons (Fsp3) is 0.500. The first-order valence-corrected chi connectivity index (χ1v) is 7.66. The number of hydrogen-bond acceptors (Lipinski definition) is 4. The van der Waals surface area contributed by atoms with E-state index in [2.05, 4.69) is 5.32 Å². The molecular formula is C16H20N2O4. The molecule has 0 saturated carbocycles. The number of rotatable bonds is 4. The number of hydrogen-bond donors (Lipinski definition) is 1. The number of nitrogens with zero attached hydrogens (tertiary/aromatic N) is 1. The second kappa shape index (κ2) is 6.25. The van der Waals surface area contributed by atoms with Crippen molar-refractivity contribution in [1.82, 2.24) is 5.32 Å². The lowest BCUT2D eigenvalue weighted by Crippen LogP contribution is -2.33. The minimum Gasteiger partial charge on any atom is -0.486 e. The van der Waals surface area contributed by atoms with Gasteiger partial charge in [0.2, 0.25) is 11.8 Å². The van der Waals surface area contributed by atoms with Crippen LogP contribution in [-0.4, -0.2) is 38.1 Å². The summed E-state index contributed by atoms with van der Waals surface area (Å²) in [4.78, 5) is 25.9. The van der Waals surface area contributed by atoms with Gasteiger partial charge >= 0.3 is 0 Å². The van der Waals surface area contributed by atoms with Crippen molar-refractivity contribution in [2.75, 3.05) is 31.2 Å².